The Morgan fingerprint density at radius 3 is 2.56 bits per heavy atom. The summed E-state index contributed by atoms with van der Waals surface area (Å²) in [5.74, 6) is 0.795. The lowest BCUT2D eigenvalue weighted by atomic mass is 9.84. The number of rotatable bonds is 4. The normalized spacial score (nSPS) is 10.8. The highest BCUT2D eigenvalue weighted by atomic mass is 16.5. The van der Waals surface area contributed by atoms with Crippen LogP contribution in [0.25, 0.3) is 0 Å². The van der Waals surface area contributed by atoms with Gasteiger partial charge in [-0.25, -0.2) is 0 Å². The molecule has 0 fully saturated rings. The Morgan fingerprint density at radius 2 is 2.06 bits per heavy atom. The topological polar surface area (TPSA) is 50.1 Å². The molecule has 18 heavy (non-hydrogen) atoms. The zero-order valence-corrected chi connectivity index (χ0v) is 11.4. The molecule has 0 bridgehead atoms. The van der Waals surface area contributed by atoms with Gasteiger partial charge in [0.15, 0.2) is 5.78 Å². The fourth-order valence-corrected chi connectivity index (χ4v) is 1.78. The molecule has 0 spiro atoms. The smallest absolute Gasteiger partial charge is 0.163 e. The highest BCUT2D eigenvalue weighted by Crippen LogP contribution is 2.32. The van der Waals surface area contributed by atoms with E-state index in [0.717, 1.165) is 11.3 Å². The first-order valence-corrected chi connectivity index (χ1v) is 5.99. The number of carbonyl (C=O) groups is 1. The molecule has 1 aromatic carbocycles. The molecule has 0 heterocycles. The van der Waals surface area contributed by atoms with Crippen LogP contribution in [-0.4, -0.2) is 12.9 Å². The average molecular weight is 245 g/mol. The highest BCUT2D eigenvalue weighted by Gasteiger charge is 2.20. The Morgan fingerprint density at radius 1 is 1.39 bits per heavy atom. The zero-order valence-electron chi connectivity index (χ0n) is 11.4. The first-order valence-electron chi connectivity index (χ1n) is 5.99. The van der Waals surface area contributed by atoms with Crippen LogP contribution in [0.2, 0.25) is 0 Å². The van der Waals surface area contributed by atoms with Gasteiger partial charge in [0.2, 0.25) is 0 Å². The van der Waals surface area contributed by atoms with Gasteiger partial charge in [0.05, 0.1) is 13.2 Å². The van der Waals surface area contributed by atoms with Gasteiger partial charge in [-0.15, -0.1) is 0 Å². The van der Waals surface area contributed by atoms with Crippen molar-refractivity contribution >= 4 is 5.78 Å². The molecule has 0 amide bonds. The van der Waals surface area contributed by atoms with Gasteiger partial charge in [-0.05, 0) is 23.6 Å². The van der Waals surface area contributed by atoms with Gasteiger partial charge in [0.1, 0.15) is 5.75 Å². The SMILES string of the molecule is COc1ccc(C(=O)CCC#N)cc1C(C)(C)C. The Balaban J connectivity index is 3.12. The summed E-state index contributed by atoms with van der Waals surface area (Å²) in [5.41, 5.74) is 1.57. The van der Waals surface area contributed by atoms with Crippen molar-refractivity contribution in [1.29, 1.82) is 5.26 Å². The first kappa shape index (κ1) is 14.2. The predicted octanol–water partition coefficient (Wildman–Crippen LogP) is 3.48. The third-order valence-electron chi connectivity index (χ3n) is 2.79. The standard InChI is InChI=1S/C15H19NO2/c1-15(2,3)12-10-11(7-8-14(12)18-4)13(17)6-5-9-16/h7-8,10H,5-6H2,1-4H3. The maximum atomic E-state index is 11.9. The van der Waals surface area contributed by atoms with Crippen molar-refractivity contribution in [3.05, 3.63) is 29.3 Å². The number of nitrogens with zero attached hydrogens (tertiary/aromatic N) is 1. The van der Waals surface area contributed by atoms with Crippen molar-refractivity contribution in [3.8, 4) is 11.8 Å². The summed E-state index contributed by atoms with van der Waals surface area (Å²) in [6.07, 6.45) is 0.530. The minimum Gasteiger partial charge on any atom is -0.496 e. The zero-order chi connectivity index (χ0) is 13.8. The third kappa shape index (κ3) is 3.33. The summed E-state index contributed by atoms with van der Waals surface area (Å²) in [6.45, 7) is 6.23. The maximum absolute atomic E-state index is 11.9. The fourth-order valence-electron chi connectivity index (χ4n) is 1.78. The molecule has 0 radical (unpaired) electrons. The molecule has 0 N–H and O–H groups in total. The van der Waals surface area contributed by atoms with E-state index in [1.165, 1.54) is 0 Å². The van der Waals surface area contributed by atoms with Crippen LogP contribution >= 0.6 is 0 Å². The van der Waals surface area contributed by atoms with E-state index in [-0.39, 0.29) is 24.0 Å². The van der Waals surface area contributed by atoms with E-state index < -0.39 is 0 Å². The van der Waals surface area contributed by atoms with E-state index in [9.17, 15) is 4.79 Å². The average Bonchev–Trinajstić information content (AvgIpc) is 2.34. The number of benzene rings is 1. The lowest BCUT2D eigenvalue weighted by Crippen LogP contribution is -2.14. The van der Waals surface area contributed by atoms with Crippen LogP contribution in [-0.2, 0) is 5.41 Å². The van der Waals surface area contributed by atoms with Crippen molar-refractivity contribution in [2.24, 2.45) is 0 Å². The summed E-state index contributed by atoms with van der Waals surface area (Å²) < 4.78 is 5.32. The van der Waals surface area contributed by atoms with Crippen molar-refractivity contribution < 1.29 is 9.53 Å². The highest BCUT2D eigenvalue weighted by molar-refractivity contribution is 5.96. The molecule has 0 atom stereocenters. The summed E-state index contributed by atoms with van der Waals surface area (Å²) >= 11 is 0. The van der Waals surface area contributed by atoms with Crippen molar-refractivity contribution in [2.75, 3.05) is 7.11 Å². The molecule has 0 saturated carbocycles. The Hall–Kier alpha value is -1.82. The second-order valence-electron chi connectivity index (χ2n) is 5.25. The summed E-state index contributed by atoms with van der Waals surface area (Å²) in [5, 5.41) is 8.51. The minimum atomic E-state index is -0.0864. The van der Waals surface area contributed by atoms with E-state index in [2.05, 4.69) is 20.8 Å². The number of ketones is 1. The Bertz CT molecular complexity index is 478. The molecule has 1 aromatic rings. The number of ether oxygens (including phenoxy) is 1. The number of Topliss-reactive ketones (excluding diaryl/α,β-unsaturated/α-hetero) is 1. The van der Waals surface area contributed by atoms with Crippen LogP contribution in [0.3, 0.4) is 0 Å². The number of hydrogen-bond acceptors (Lipinski definition) is 3. The summed E-state index contributed by atoms with van der Waals surface area (Å²) in [6, 6.07) is 7.44. The van der Waals surface area contributed by atoms with E-state index in [4.69, 9.17) is 10.00 Å². The van der Waals surface area contributed by atoms with Gasteiger partial charge < -0.3 is 4.74 Å². The molecule has 0 aliphatic heterocycles. The van der Waals surface area contributed by atoms with Gasteiger partial charge in [0.25, 0.3) is 0 Å². The molecular formula is C15H19NO2. The quantitative estimate of drug-likeness (QED) is 0.763. The van der Waals surface area contributed by atoms with E-state index >= 15 is 0 Å². The van der Waals surface area contributed by atoms with E-state index in [0.29, 0.717) is 5.56 Å². The van der Waals surface area contributed by atoms with Crippen molar-refractivity contribution in [2.45, 2.75) is 39.0 Å². The Labute approximate surface area is 108 Å². The predicted molar refractivity (Wildman–Crippen MR) is 70.9 cm³/mol. The molecule has 1 rings (SSSR count). The second kappa shape index (κ2) is 5.68. The molecular weight excluding hydrogens is 226 g/mol. The molecule has 3 nitrogen and oxygen atoms in total. The lowest BCUT2D eigenvalue weighted by Gasteiger charge is -2.22. The van der Waals surface area contributed by atoms with Gasteiger partial charge in [-0.3, -0.25) is 4.79 Å². The number of methoxy groups -OCH3 is 1. The van der Waals surface area contributed by atoms with Crippen molar-refractivity contribution in [1.82, 2.24) is 0 Å². The minimum absolute atomic E-state index is 0.00435. The molecule has 3 heteroatoms. The number of nitriles is 1. The molecule has 0 saturated heterocycles. The molecule has 0 aliphatic carbocycles. The van der Waals surface area contributed by atoms with Gasteiger partial charge in [-0.1, -0.05) is 20.8 Å². The largest absolute Gasteiger partial charge is 0.496 e. The van der Waals surface area contributed by atoms with Crippen LogP contribution in [0.1, 0.15) is 49.5 Å². The lowest BCUT2D eigenvalue weighted by molar-refractivity contribution is 0.0984. The maximum Gasteiger partial charge on any atom is 0.163 e. The number of carbonyl (C=O) groups excluding carboxylic acids is 1. The molecule has 0 aliphatic rings. The summed E-state index contributed by atoms with van der Waals surface area (Å²) in [4.78, 5) is 11.9. The second-order valence-corrected chi connectivity index (χ2v) is 5.25. The van der Waals surface area contributed by atoms with Crippen LogP contribution in [0, 0.1) is 11.3 Å². The summed E-state index contributed by atoms with van der Waals surface area (Å²) in [7, 11) is 1.63. The molecule has 0 unspecified atom stereocenters. The van der Waals surface area contributed by atoms with Gasteiger partial charge in [0, 0.05) is 24.0 Å². The monoisotopic (exact) mass is 245 g/mol. The van der Waals surface area contributed by atoms with Crippen LogP contribution < -0.4 is 4.74 Å². The van der Waals surface area contributed by atoms with Crippen LogP contribution in [0.15, 0.2) is 18.2 Å². The molecule has 96 valence electrons. The van der Waals surface area contributed by atoms with Crippen LogP contribution in [0.4, 0.5) is 0 Å². The van der Waals surface area contributed by atoms with Crippen molar-refractivity contribution in [3.63, 3.8) is 0 Å². The Kier molecular flexibility index (Phi) is 4.49. The number of hydrogen-bond donors (Lipinski definition) is 0. The first-order chi connectivity index (χ1) is 8.40. The van der Waals surface area contributed by atoms with Gasteiger partial charge >= 0.3 is 0 Å². The van der Waals surface area contributed by atoms with Crippen LogP contribution in [0.5, 0.6) is 5.75 Å². The third-order valence-corrected chi connectivity index (χ3v) is 2.79. The van der Waals surface area contributed by atoms with E-state index in [1.54, 1.807) is 13.2 Å². The van der Waals surface area contributed by atoms with Gasteiger partial charge in [-0.2, -0.15) is 5.26 Å². The fraction of sp³-hybridized carbons (Fsp3) is 0.467. The van der Waals surface area contributed by atoms with E-state index in [1.807, 2.05) is 18.2 Å². The molecule has 0 aromatic heterocycles.